The number of carbonyl (C=O) groups excluding carboxylic acids is 1. The lowest BCUT2D eigenvalue weighted by atomic mass is 10.1. The Balaban J connectivity index is 1.89. The molecule has 1 fully saturated rings. The van der Waals surface area contributed by atoms with Gasteiger partial charge in [0.15, 0.2) is 0 Å². The van der Waals surface area contributed by atoms with Crippen molar-refractivity contribution in [2.75, 3.05) is 6.54 Å². The van der Waals surface area contributed by atoms with Crippen LogP contribution >= 0.6 is 15.9 Å². The Kier molecular flexibility index (Phi) is 4.37. The summed E-state index contributed by atoms with van der Waals surface area (Å²) < 4.78 is 1.04. The number of aliphatic hydroxyl groups is 1. The molecule has 0 radical (unpaired) electrons. The minimum absolute atomic E-state index is 0.0473. The van der Waals surface area contributed by atoms with E-state index in [-0.39, 0.29) is 11.9 Å². The maximum absolute atomic E-state index is 11.8. The number of halogens is 1. The molecule has 0 aromatic heterocycles. The first-order chi connectivity index (χ1) is 8.56. The number of aryl methyl sites for hydroxylation is 1. The van der Waals surface area contributed by atoms with Crippen LogP contribution in [-0.4, -0.2) is 29.7 Å². The molecule has 18 heavy (non-hydrogen) atoms. The van der Waals surface area contributed by atoms with Crippen LogP contribution in [0.3, 0.4) is 0 Å². The third kappa shape index (κ3) is 3.31. The molecule has 1 aliphatic rings. The maximum Gasteiger partial charge on any atom is 0.237 e. The van der Waals surface area contributed by atoms with Crippen molar-refractivity contribution < 1.29 is 9.90 Å². The molecule has 0 saturated carbocycles. The summed E-state index contributed by atoms with van der Waals surface area (Å²) in [6.07, 6.45) is 0.0840. The second-order valence-corrected chi connectivity index (χ2v) is 5.55. The van der Waals surface area contributed by atoms with Gasteiger partial charge in [0.2, 0.25) is 5.91 Å². The minimum Gasteiger partial charge on any atom is -0.392 e. The fraction of sp³-hybridized carbons (Fsp3) is 0.462. The van der Waals surface area contributed by atoms with Gasteiger partial charge in [-0.3, -0.25) is 4.79 Å². The van der Waals surface area contributed by atoms with Crippen molar-refractivity contribution in [3.63, 3.8) is 0 Å². The molecule has 4 nitrogen and oxygen atoms in total. The van der Waals surface area contributed by atoms with Crippen LogP contribution in [0.4, 0.5) is 0 Å². The highest BCUT2D eigenvalue weighted by molar-refractivity contribution is 9.10. The molecular formula is C13H17BrN2O2. The molecule has 1 aromatic rings. The summed E-state index contributed by atoms with van der Waals surface area (Å²) in [6.45, 7) is 3.03. The van der Waals surface area contributed by atoms with Gasteiger partial charge in [-0.25, -0.2) is 0 Å². The summed E-state index contributed by atoms with van der Waals surface area (Å²) >= 11 is 3.41. The van der Waals surface area contributed by atoms with Crippen molar-refractivity contribution in [1.29, 1.82) is 0 Å². The van der Waals surface area contributed by atoms with Crippen LogP contribution in [0.15, 0.2) is 22.7 Å². The number of aliphatic hydroxyl groups excluding tert-OH is 1. The first-order valence-electron chi connectivity index (χ1n) is 6.00. The van der Waals surface area contributed by atoms with Crippen LogP contribution in [0.2, 0.25) is 0 Å². The lowest BCUT2D eigenvalue weighted by molar-refractivity contribution is -0.123. The topological polar surface area (TPSA) is 61.4 Å². The fourth-order valence-electron chi connectivity index (χ4n) is 2.08. The van der Waals surface area contributed by atoms with E-state index in [0.29, 0.717) is 19.5 Å². The normalized spacial score (nSPS) is 23.1. The van der Waals surface area contributed by atoms with E-state index in [1.807, 2.05) is 25.1 Å². The molecule has 98 valence electrons. The van der Waals surface area contributed by atoms with Gasteiger partial charge in [0.1, 0.15) is 0 Å². The number of hydrogen-bond acceptors (Lipinski definition) is 3. The van der Waals surface area contributed by atoms with E-state index in [4.69, 9.17) is 0 Å². The van der Waals surface area contributed by atoms with E-state index >= 15 is 0 Å². The molecule has 0 bridgehead atoms. The average molecular weight is 313 g/mol. The molecule has 2 unspecified atom stereocenters. The fourth-order valence-corrected chi connectivity index (χ4v) is 2.56. The summed E-state index contributed by atoms with van der Waals surface area (Å²) in [6, 6.07) is 5.72. The summed E-state index contributed by atoms with van der Waals surface area (Å²) in [5, 5.41) is 15.3. The van der Waals surface area contributed by atoms with E-state index in [1.165, 1.54) is 0 Å². The van der Waals surface area contributed by atoms with Gasteiger partial charge >= 0.3 is 0 Å². The van der Waals surface area contributed by atoms with Gasteiger partial charge in [-0.2, -0.15) is 0 Å². The molecular weight excluding hydrogens is 296 g/mol. The summed E-state index contributed by atoms with van der Waals surface area (Å²) in [7, 11) is 0. The minimum atomic E-state index is -0.407. The monoisotopic (exact) mass is 312 g/mol. The number of nitrogens with one attached hydrogen (secondary N) is 2. The zero-order valence-electron chi connectivity index (χ0n) is 10.2. The quantitative estimate of drug-likeness (QED) is 0.783. The van der Waals surface area contributed by atoms with Crippen molar-refractivity contribution in [3.05, 3.63) is 33.8 Å². The highest BCUT2D eigenvalue weighted by Gasteiger charge is 2.27. The van der Waals surface area contributed by atoms with Crippen LogP contribution in [-0.2, 0) is 11.3 Å². The Morgan fingerprint density at radius 1 is 1.61 bits per heavy atom. The Hall–Kier alpha value is -0.910. The molecule has 0 spiro atoms. The largest absolute Gasteiger partial charge is 0.392 e. The van der Waals surface area contributed by atoms with Crippen molar-refractivity contribution in [3.8, 4) is 0 Å². The highest BCUT2D eigenvalue weighted by atomic mass is 79.9. The van der Waals surface area contributed by atoms with Crippen molar-refractivity contribution in [2.24, 2.45) is 0 Å². The SMILES string of the molecule is Cc1cc(Br)ccc1CNC(=O)C1CC(O)CN1. The van der Waals surface area contributed by atoms with Crippen molar-refractivity contribution >= 4 is 21.8 Å². The second-order valence-electron chi connectivity index (χ2n) is 4.64. The van der Waals surface area contributed by atoms with Gasteiger partial charge in [-0.15, -0.1) is 0 Å². The Morgan fingerprint density at radius 3 is 3.00 bits per heavy atom. The smallest absolute Gasteiger partial charge is 0.237 e. The first-order valence-corrected chi connectivity index (χ1v) is 6.80. The molecule has 5 heteroatoms. The van der Waals surface area contributed by atoms with E-state index in [9.17, 15) is 9.90 Å². The molecule has 1 heterocycles. The van der Waals surface area contributed by atoms with Crippen LogP contribution in [0.1, 0.15) is 17.5 Å². The van der Waals surface area contributed by atoms with Crippen LogP contribution in [0.5, 0.6) is 0 Å². The van der Waals surface area contributed by atoms with Gasteiger partial charge in [-0.1, -0.05) is 22.0 Å². The third-order valence-electron chi connectivity index (χ3n) is 3.18. The van der Waals surface area contributed by atoms with Gasteiger partial charge in [-0.05, 0) is 36.6 Å². The Bertz CT molecular complexity index is 451. The molecule has 1 saturated heterocycles. The number of hydrogen-bond donors (Lipinski definition) is 3. The molecule has 1 amide bonds. The third-order valence-corrected chi connectivity index (χ3v) is 3.68. The number of amides is 1. The second kappa shape index (κ2) is 5.82. The Labute approximate surface area is 115 Å². The van der Waals surface area contributed by atoms with Crippen molar-refractivity contribution in [1.82, 2.24) is 10.6 Å². The molecule has 1 aromatic carbocycles. The summed E-state index contributed by atoms with van der Waals surface area (Å²) in [5.41, 5.74) is 2.24. The number of benzene rings is 1. The summed E-state index contributed by atoms with van der Waals surface area (Å²) in [5.74, 6) is -0.0473. The zero-order chi connectivity index (χ0) is 13.1. The van der Waals surface area contributed by atoms with E-state index in [1.54, 1.807) is 0 Å². The van der Waals surface area contributed by atoms with Crippen LogP contribution in [0, 0.1) is 6.92 Å². The van der Waals surface area contributed by atoms with Gasteiger partial charge in [0.25, 0.3) is 0 Å². The van der Waals surface area contributed by atoms with Gasteiger partial charge in [0.05, 0.1) is 12.1 Å². The molecule has 0 aliphatic carbocycles. The predicted octanol–water partition coefficient (Wildman–Crippen LogP) is 1.10. The average Bonchev–Trinajstić information content (AvgIpc) is 2.74. The lowest BCUT2D eigenvalue weighted by Gasteiger charge is -2.12. The molecule has 1 aliphatic heterocycles. The van der Waals surface area contributed by atoms with Crippen LogP contribution < -0.4 is 10.6 Å². The van der Waals surface area contributed by atoms with Crippen molar-refractivity contribution in [2.45, 2.75) is 32.0 Å². The number of carbonyl (C=O) groups is 1. The molecule has 2 rings (SSSR count). The van der Waals surface area contributed by atoms with E-state index in [2.05, 4.69) is 26.6 Å². The van der Waals surface area contributed by atoms with E-state index < -0.39 is 6.10 Å². The van der Waals surface area contributed by atoms with Crippen LogP contribution in [0.25, 0.3) is 0 Å². The maximum atomic E-state index is 11.8. The Morgan fingerprint density at radius 2 is 2.39 bits per heavy atom. The summed E-state index contributed by atoms with van der Waals surface area (Å²) in [4.78, 5) is 11.8. The van der Waals surface area contributed by atoms with E-state index in [0.717, 1.165) is 15.6 Å². The van der Waals surface area contributed by atoms with Gasteiger partial charge in [0, 0.05) is 17.6 Å². The van der Waals surface area contributed by atoms with Gasteiger partial charge < -0.3 is 15.7 Å². The molecule has 2 atom stereocenters. The zero-order valence-corrected chi connectivity index (χ0v) is 11.8. The highest BCUT2D eigenvalue weighted by Crippen LogP contribution is 2.15. The first kappa shape index (κ1) is 13.5. The molecule has 3 N–H and O–H groups in total. The standard InChI is InChI=1S/C13H17BrN2O2/c1-8-4-10(14)3-2-9(8)6-16-13(18)12-5-11(17)7-15-12/h2-4,11-12,15,17H,5-7H2,1H3,(H,16,18). The predicted molar refractivity (Wildman–Crippen MR) is 73.1 cm³/mol. The lowest BCUT2D eigenvalue weighted by Crippen LogP contribution is -2.40. The number of β-amino-alcohol motifs (C(OH)–C–C–N with tert-alkyl or cyclic N) is 1. The number of rotatable bonds is 3.